The van der Waals surface area contributed by atoms with E-state index in [0.29, 0.717) is 17.2 Å². The Hall–Kier alpha value is -2.34. The molecular weight excluding hydrogens is 239 g/mol. The summed E-state index contributed by atoms with van der Waals surface area (Å²) in [6, 6.07) is 14.1. The topological polar surface area (TPSA) is 35.8 Å². The maximum Gasteiger partial charge on any atom is 0.126 e. The van der Waals surface area contributed by atoms with E-state index in [0.717, 1.165) is 11.3 Å². The smallest absolute Gasteiger partial charge is 0.126 e. The van der Waals surface area contributed by atoms with Crippen molar-refractivity contribution in [3.05, 3.63) is 59.4 Å². The minimum absolute atomic E-state index is 0.310. The molecule has 1 N–H and O–H groups in total. The quantitative estimate of drug-likeness (QED) is 0.871. The van der Waals surface area contributed by atoms with Crippen LogP contribution in [0.3, 0.4) is 0 Å². The van der Waals surface area contributed by atoms with Crippen LogP contribution in [0.2, 0.25) is 0 Å². The zero-order valence-corrected chi connectivity index (χ0v) is 10.9. The molecule has 0 spiro atoms. The number of nitrogens with zero attached hydrogens (tertiary/aromatic N) is 1. The van der Waals surface area contributed by atoms with Gasteiger partial charge in [-0.25, -0.2) is 4.39 Å². The molecule has 0 bridgehead atoms. The van der Waals surface area contributed by atoms with Crippen molar-refractivity contribution in [1.29, 1.82) is 5.26 Å². The van der Waals surface area contributed by atoms with Gasteiger partial charge in [0.2, 0.25) is 0 Å². The number of halogens is 1. The highest BCUT2D eigenvalue weighted by atomic mass is 19.1. The lowest BCUT2D eigenvalue weighted by atomic mass is 10.0. The first-order valence-electron chi connectivity index (χ1n) is 6.17. The lowest BCUT2D eigenvalue weighted by Crippen LogP contribution is -1.98. The summed E-state index contributed by atoms with van der Waals surface area (Å²) in [6.45, 7) is 4.21. The third-order valence-electron chi connectivity index (χ3n) is 2.89. The van der Waals surface area contributed by atoms with Gasteiger partial charge in [-0.15, -0.1) is 0 Å². The van der Waals surface area contributed by atoms with Crippen LogP contribution in [-0.4, -0.2) is 0 Å². The molecule has 0 amide bonds. The molecule has 2 aromatic carbocycles. The molecule has 0 heterocycles. The van der Waals surface area contributed by atoms with Crippen molar-refractivity contribution in [3.8, 4) is 6.07 Å². The van der Waals surface area contributed by atoms with E-state index in [1.807, 2.05) is 30.3 Å². The standard InChI is InChI=1S/C16H15FN2/c1-11(2)15-5-3-4-6-16(15)19-14-8-12(10-18)7-13(17)9-14/h3-9,11,19H,1-2H3. The van der Waals surface area contributed by atoms with Crippen LogP contribution < -0.4 is 5.32 Å². The second-order valence-corrected chi connectivity index (χ2v) is 4.71. The molecule has 0 unspecified atom stereocenters. The van der Waals surface area contributed by atoms with Crippen LogP contribution in [0.25, 0.3) is 0 Å². The summed E-state index contributed by atoms with van der Waals surface area (Å²) in [5.74, 6) is -0.0451. The number of nitriles is 1. The molecular formula is C16H15FN2. The van der Waals surface area contributed by atoms with Crippen LogP contribution in [0.1, 0.15) is 30.9 Å². The Labute approximate surface area is 112 Å². The van der Waals surface area contributed by atoms with E-state index < -0.39 is 5.82 Å². The zero-order valence-electron chi connectivity index (χ0n) is 10.9. The van der Waals surface area contributed by atoms with Gasteiger partial charge in [-0.05, 0) is 35.7 Å². The van der Waals surface area contributed by atoms with Crippen molar-refractivity contribution < 1.29 is 4.39 Å². The molecule has 19 heavy (non-hydrogen) atoms. The first-order chi connectivity index (χ1) is 9.10. The van der Waals surface area contributed by atoms with E-state index in [1.165, 1.54) is 12.1 Å². The Balaban J connectivity index is 2.37. The van der Waals surface area contributed by atoms with Gasteiger partial charge in [0.05, 0.1) is 11.6 Å². The Bertz CT molecular complexity index is 627. The van der Waals surface area contributed by atoms with E-state index in [2.05, 4.69) is 19.2 Å². The normalized spacial score (nSPS) is 10.3. The fraction of sp³-hybridized carbons (Fsp3) is 0.188. The van der Waals surface area contributed by atoms with Crippen LogP contribution in [0.15, 0.2) is 42.5 Å². The van der Waals surface area contributed by atoms with Gasteiger partial charge in [0.25, 0.3) is 0 Å². The van der Waals surface area contributed by atoms with E-state index in [9.17, 15) is 4.39 Å². The molecule has 0 aromatic heterocycles. The number of para-hydroxylation sites is 1. The SMILES string of the molecule is CC(C)c1ccccc1Nc1cc(F)cc(C#N)c1. The molecule has 0 atom stereocenters. The van der Waals surface area contributed by atoms with Gasteiger partial charge in [0.15, 0.2) is 0 Å². The van der Waals surface area contributed by atoms with Gasteiger partial charge in [-0.1, -0.05) is 32.0 Å². The number of rotatable bonds is 3. The molecule has 0 fully saturated rings. The number of anilines is 2. The molecule has 0 aliphatic carbocycles. The first-order valence-corrected chi connectivity index (χ1v) is 6.17. The molecule has 0 saturated heterocycles. The minimum Gasteiger partial charge on any atom is -0.355 e. The number of hydrogen-bond donors (Lipinski definition) is 1. The van der Waals surface area contributed by atoms with Gasteiger partial charge < -0.3 is 5.32 Å². The fourth-order valence-electron chi connectivity index (χ4n) is 2.00. The van der Waals surface area contributed by atoms with E-state index >= 15 is 0 Å². The summed E-state index contributed by atoms with van der Waals surface area (Å²) in [7, 11) is 0. The predicted octanol–water partition coefficient (Wildman–Crippen LogP) is 4.56. The summed E-state index contributed by atoms with van der Waals surface area (Å²) >= 11 is 0. The van der Waals surface area contributed by atoms with E-state index in [4.69, 9.17) is 5.26 Å². The van der Waals surface area contributed by atoms with Crippen molar-refractivity contribution in [3.63, 3.8) is 0 Å². The van der Waals surface area contributed by atoms with Crippen molar-refractivity contribution in [2.75, 3.05) is 5.32 Å². The van der Waals surface area contributed by atoms with Gasteiger partial charge in [-0.3, -0.25) is 0 Å². The maximum absolute atomic E-state index is 13.4. The number of benzene rings is 2. The Morgan fingerprint density at radius 2 is 1.89 bits per heavy atom. The summed E-state index contributed by atoms with van der Waals surface area (Å²) < 4.78 is 13.4. The molecule has 3 heteroatoms. The lowest BCUT2D eigenvalue weighted by Gasteiger charge is -2.14. The summed E-state index contributed by atoms with van der Waals surface area (Å²) in [4.78, 5) is 0. The van der Waals surface area contributed by atoms with Gasteiger partial charge in [-0.2, -0.15) is 5.26 Å². The molecule has 2 nitrogen and oxygen atoms in total. The van der Waals surface area contributed by atoms with E-state index in [-0.39, 0.29) is 0 Å². The average molecular weight is 254 g/mol. The van der Waals surface area contributed by atoms with Crippen molar-refractivity contribution in [1.82, 2.24) is 0 Å². The molecule has 0 aliphatic heterocycles. The molecule has 0 saturated carbocycles. The highest BCUT2D eigenvalue weighted by molar-refractivity contribution is 5.65. The van der Waals surface area contributed by atoms with Gasteiger partial charge in [0.1, 0.15) is 5.82 Å². The van der Waals surface area contributed by atoms with E-state index in [1.54, 1.807) is 6.07 Å². The first kappa shape index (κ1) is 13.1. The van der Waals surface area contributed by atoms with Crippen molar-refractivity contribution >= 4 is 11.4 Å². The summed E-state index contributed by atoms with van der Waals surface area (Å²) in [5, 5.41) is 12.0. The summed E-state index contributed by atoms with van der Waals surface area (Å²) in [5.41, 5.74) is 2.99. The highest BCUT2D eigenvalue weighted by Crippen LogP contribution is 2.27. The predicted molar refractivity (Wildman–Crippen MR) is 74.9 cm³/mol. The van der Waals surface area contributed by atoms with Crippen molar-refractivity contribution in [2.45, 2.75) is 19.8 Å². The molecule has 2 aromatic rings. The van der Waals surface area contributed by atoms with Crippen LogP contribution in [0, 0.1) is 17.1 Å². The maximum atomic E-state index is 13.4. The molecule has 0 radical (unpaired) electrons. The van der Waals surface area contributed by atoms with Crippen molar-refractivity contribution in [2.24, 2.45) is 0 Å². The molecule has 2 rings (SSSR count). The van der Waals surface area contributed by atoms with Gasteiger partial charge in [0, 0.05) is 11.4 Å². The number of hydrogen-bond acceptors (Lipinski definition) is 2. The lowest BCUT2D eigenvalue weighted by molar-refractivity contribution is 0.628. The minimum atomic E-state index is -0.413. The molecule has 0 aliphatic rings. The van der Waals surface area contributed by atoms with Crippen LogP contribution >= 0.6 is 0 Å². The monoisotopic (exact) mass is 254 g/mol. The highest BCUT2D eigenvalue weighted by Gasteiger charge is 2.07. The Morgan fingerprint density at radius 1 is 1.16 bits per heavy atom. The largest absolute Gasteiger partial charge is 0.355 e. The van der Waals surface area contributed by atoms with Gasteiger partial charge >= 0.3 is 0 Å². The second kappa shape index (κ2) is 5.53. The fourth-order valence-corrected chi connectivity index (χ4v) is 2.00. The third kappa shape index (κ3) is 3.11. The van der Waals surface area contributed by atoms with Crippen LogP contribution in [-0.2, 0) is 0 Å². The van der Waals surface area contributed by atoms with Crippen LogP contribution in [0.4, 0.5) is 15.8 Å². The Kier molecular flexibility index (Phi) is 3.82. The Morgan fingerprint density at radius 3 is 2.58 bits per heavy atom. The molecule has 96 valence electrons. The average Bonchev–Trinajstić information content (AvgIpc) is 2.38. The third-order valence-corrected chi connectivity index (χ3v) is 2.89. The summed E-state index contributed by atoms with van der Waals surface area (Å²) in [6.07, 6.45) is 0. The van der Waals surface area contributed by atoms with Crippen LogP contribution in [0.5, 0.6) is 0 Å². The second-order valence-electron chi connectivity index (χ2n) is 4.71. The number of nitrogens with one attached hydrogen (secondary N) is 1. The zero-order chi connectivity index (χ0) is 13.8.